The van der Waals surface area contributed by atoms with E-state index in [1.54, 1.807) is 49.4 Å². The number of carbonyl (C=O) groups is 2. The third-order valence-electron chi connectivity index (χ3n) is 7.29. The van der Waals surface area contributed by atoms with E-state index in [0.29, 0.717) is 33.6 Å². The van der Waals surface area contributed by atoms with Crippen LogP contribution in [0.5, 0.6) is 5.75 Å². The van der Waals surface area contributed by atoms with Gasteiger partial charge in [-0.1, -0.05) is 90.3 Å². The van der Waals surface area contributed by atoms with Crippen molar-refractivity contribution in [1.29, 1.82) is 0 Å². The van der Waals surface area contributed by atoms with Crippen LogP contribution in [0.1, 0.15) is 31.4 Å². The number of para-hydroxylation sites is 2. The van der Waals surface area contributed by atoms with Crippen LogP contribution in [0.15, 0.2) is 102 Å². The van der Waals surface area contributed by atoms with Crippen molar-refractivity contribution in [2.75, 3.05) is 24.0 Å². The number of hydrogen-bond acceptors (Lipinski definition) is 5. The summed E-state index contributed by atoms with van der Waals surface area (Å²) in [4.78, 5) is 29.7. The normalized spacial score (nSPS) is 11.9. The molecule has 1 N–H and O–H groups in total. The van der Waals surface area contributed by atoms with Gasteiger partial charge in [0, 0.05) is 34.6 Å². The molecule has 4 aromatic rings. The van der Waals surface area contributed by atoms with E-state index in [4.69, 9.17) is 39.5 Å². The van der Waals surface area contributed by atoms with E-state index < -0.39 is 28.5 Å². The van der Waals surface area contributed by atoms with Crippen LogP contribution in [0.2, 0.25) is 15.1 Å². The largest absolute Gasteiger partial charge is 0.492 e. The van der Waals surface area contributed by atoms with Crippen LogP contribution in [0.25, 0.3) is 0 Å². The van der Waals surface area contributed by atoms with Crippen LogP contribution >= 0.6 is 34.8 Å². The van der Waals surface area contributed by atoms with Gasteiger partial charge in [-0.2, -0.15) is 0 Å². The maximum absolute atomic E-state index is 14.6. The summed E-state index contributed by atoms with van der Waals surface area (Å²) in [5, 5.41) is 3.98. The van der Waals surface area contributed by atoms with Crippen LogP contribution in [-0.2, 0) is 32.6 Å². The van der Waals surface area contributed by atoms with Gasteiger partial charge in [-0.15, -0.1) is 0 Å². The van der Waals surface area contributed by atoms with Gasteiger partial charge in [0.1, 0.15) is 18.3 Å². The molecule has 0 saturated heterocycles. The van der Waals surface area contributed by atoms with E-state index in [9.17, 15) is 18.0 Å². The van der Waals surface area contributed by atoms with Gasteiger partial charge in [0.25, 0.3) is 10.0 Å². The minimum Gasteiger partial charge on any atom is -0.492 e. The van der Waals surface area contributed by atoms with Gasteiger partial charge >= 0.3 is 0 Å². The lowest BCUT2D eigenvalue weighted by molar-refractivity contribution is -0.140. The Morgan fingerprint density at radius 1 is 0.851 bits per heavy atom. The number of anilines is 1. The van der Waals surface area contributed by atoms with Gasteiger partial charge in [0.2, 0.25) is 11.8 Å². The first-order chi connectivity index (χ1) is 22.5. The topological polar surface area (TPSA) is 96.0 Å². The fourth-order valence-corrected chi connectivity index (χ4v) is 6.96. The van der Waals surface area contributed by atoms with E-state index >= 15 is 0 Å². The van der Waals surface area contributed by atoms with Crippen molar-refractivity contribution < 1.29 is 22.7 Å². The lowest BCUT2D eigenvalue weighted by Gasteiger charge is -2.34. The zero-order valence-electron chi connectivity index (χ0n) is 26.0. The molecular formula is C35H36Cl3N3O5S. The lowest BCUT2D eigenvalue weighted by Crippen LogP contribution is -2.53. The number of ether oxygens (including phenoxy) is 1. The van der Waals surface area contributed by atoms with Gasteiger partial charge in [-0.05, 0) is 73.0 Å². The number of nitrogens with one attached hydrogen (secondary N) is 1. The highest BCUT2D eigenvalue weighted by atomic mass is 35.5. The number of carbonyl (C=O) groups excluding carboxylic acids is 2. The maximum atomic E-state index is 14.6. The van der Waals surface area contributed by atoms with Gasteiger partial charge in [0.05, 0.1) is 17.2 Å². The quantitative estimate of drug-likeness (QED) is 0.138. The molecule has 4 rings (SSSR count). The Morgan fingerprint density at radius 3 is 2.17 bits per heavy atom. The van der Waals surface area contributed by atoms with Crippen molar-refractivity contribution in [3.8, 4) is 5.75 Å². The highest BCUT2D eigenvalue weighted by Gasteiger charge is 2.35. The maximum Gasteiger partial charge on any atom is 0.264 e. The predicted molar refractivity (Wildman–Crippen MR) is 188 cm³/mol. The molecule has 0 fully saturated rings. The Labute approximate surface area is 291 Å². The van der Waals surface area contributed by atoms with Gasteiger partial charge in [-0.3, -0.25) is 13.9 Å². The minimum absolute atomic E-state index is 0.0742. The van der Waals surface area contributed by atoms with Crippen molar-refractivity contribution in [2.45, 2.75) is 44.2 Å². The van der Waals surface area contributed by atoms with E-state index in [2.05, 4.69) is 5.32 Å². The molecule has 0 bridgehead atoms. The highest BCUT2D eigenvalue weighted by Crippen LogP contribution is 2.33. The molecule has 2 amide bonds. The molecule has 0 aliphatic carbocycles. The van der Waals surface area contributed by atoms with Crippen LogP contribution in [0, 0.1) is 0 Å². The summed E-state index contributed by atoms with van der Waals surface area (Å²) in [6, 6.07) is 25.4. The van der Waals surface area contributed by atoms with Crippen molar-refractivity contribution in [1.82, 2.24) is 10.2 Å². The summed E-state index contributed by atoms with van der Waals surface area (Å²) in [6.07, 6.45) is 0.856. The molecule has 0 aliphatic rings. The van der Waals surface area contributed by atoms with Crippen LogP contribution in [0.3, 0.4) is 0 Å². The molecule has 1 atom stereocenters. The van der Waals surface area contributed by atoms with Crippen molar-refractivity contribution in [2.24, 2.45) is 0 Å². The molecule has 8 nitrogen and oxygen atoms in total. The van der Waals surface area contributed by atoms with Gasteiger partial charge in [0.15, 0.2) is 0 Å². The number of nitrogens with zero attached hydrogens (tertiary/aromatic N) is 2. The number of halogens is 3. The summed E-state index contributed by atoms with van der Waals surface area (Å²) in [6.45, 7) is 3.63. The van der Waals surface area contributed by atoms with Crippen molar-refractivity contribution in [3.05, 3.63) is 123 Å². The smallest absolute Gasteiger partial charge is 0.264 e. The third-order valence-corrected chi connectivity index (χ3v) is 9.90. The predicted octanol–water partition coefficient (Wildman–Crippen LogP) is 7.41. The Hall–Kier alpha value is -3.76. The second kappa shape index (κ2) is 16.9. The fourth-order valence-electron chi connectivity index (χ4n) is 4.94. The number of rotatable bonds is 15. The lowest BCUT2D eigenvalue weighted by atomic mass is 10.0. The summed E-state index contributed by atoms with van der Waals surface area (Å²) in [5.74, 6) is -0.738. The molecular weight excluding hydrogens is 681 g/mol. The Bertz CT molecular complexity index is 1770. The number of benzene rings is 4. The highest BCUT2D eigenvalue weighted by molar-refractivity contribution is 7.92. The van der Waals surface area contributed by atoms with Crippen LogP contribution in [-0.4, -0.2) is 50.9 Å². The Balaban J connectivity index is 1.85. The second-order valence-corrected chi connectivity index (χ2v) is 13.8. The van der Waals surface area contributed by atoms with Crippen LogP contribution < -0.4 is 14.4 Å². The summed E-state index contributed by atoms with van der Waals surface area (Å²) in [5.41, 5.74) is 1.52. The third kappa shape index (κ3) is 9.41. The molecule has 0 aliphatic heterocycles. The van der Waals surface area contributed by atoms with Crippen molar-refractivity contribution >= 4 is 62.3 Å². The average Bonchev–Trinajstić information content (AvgIpc) is 3.06. The molecule has 0 saturated carbocycles. The standard InChI is InChI=1S/C35H36Cl3N3O5S/c1-3-20-39-35(43)32(21-25-10-6-5-7-11-25)40(23-26-14-15-28(37)22-30(26)38)34(42)24-41(31-12-8-9-13-33(31)46-4-2)47(44,45)29-18-16-27(36)17-19-29/h5-19,22,32H,3-4,20-21,23-24H2,1-2H3,(H,39,43)/t32-/m0/s1. The molecule has 248 valence electrons. The zero-order valence-corrected chi connectivity index (χ0v) is 29.1. The average molecular weight is 717 g/mol. The molecule has 12 heteroatoms. The fraction of sp³-hybridized carbons (Fsp3) is 0.257. The molecule has 0 unspecified atom stereocenters. The molecule has 0 heterocycles. The molecule has 4 aromatic carbocycles. The first-order valence-corrected chi connectivity index (χ1v) is 17.7. The Kier molecular flexibility index (Phi) is 13.0. The second-order valence-electron chi connectivity index (χ2n) is 10.6. The van der Waals surface area contributed by atoms with Gasteiger partial charge < -0.3 is 15.0 Å². The summed E-state index contributed by atoms with van der Waals surface area (Å²) >= 11 is 18.8. The van der Waals surface area contributed by atoms with Crippen molar-refractivity contribution in [3.63, 3.8) is 0 Å². The first-order valence-electron chi connectivity index (χ1n) is 15.1. The van der Waals surface area contributed by atoms with E-state index in [1.165, 1.54) is 29.2 Å². The SMILES string of the molecule is CCCNC(=O)[C@H](Cc1ccccc1)N(Cc1ccc(Cl)cc1Cl)C(=O)CN(c1ccccc1OCC)S(=O)(=O)c1ccc(Cl)cc1. The monoisotopic (exact) mass is 715 g/mol. The van der Waals surface area contributed by atoms with E-state index in [1.807, 2.05) is 37.3 Å². The zero-order chi connectivity index (χ0) is 34.0. The van der Waals surface area contributed by atoms with E-state index in [-0.39, 0.29) is 41.8 Å². The molecule has 0 radical (unpaired) electrons. The molecule has 0 spiro atoms. The number of amides is 2. The minimum atomic E-state index is -4.34. The summed E-state index contributed by atoms with van der Waals surface area (Å²) in [7, 11) is -4.34. The van der Waals surface area contributed by atoms with Gasteiger partial charge in [-0.25, -0.2) is 8.42 Å². The van der Waals surface area contributed by atoms with E-state index in [0.717, 1.165) is 9.87 Å². The number of hydrogen-bond donors (Lipinski definition) is 1. The van der Waals surface area contributed by atoms with Crippen LogP contribution in [0.4, 0.5) is 5.69 Å². The first kappa shape index (κ1) is 36.1. The Morgan fingerprint density at radius 2 is 1.51 bits per heavy atom. The molecule has 47 heavy (non-hydrogen) atoms. The molecule has 0 aromatic heterocycles. The summed E-state index contributed by atoms with van der Waals surface area (Å²) < 4.78 is 35.4. The number of sulfonamides is 1.